The first-order chi connectivity index (χ1) is 12.7. The molecule has 3 aromatic heterocycles. The lowest BCUT2D eigenvalue weighted by atomic mass is 10.2. The minimum absolute atomic E-state index is 0.0271. The third-order valence-corrected chi connectivity index (χ3v) is 4.49. The van der Waals surface area contributed by atoms with Gasteiger partial charge in [0, 0.05) is 25.2 Å². The van der Waals surface area contributed by atoms with Gasteiger partial charge in [-0.05, 0) is 18.6 Å². The van der Waals surface area contributed by atoms with Crippen molar-refractivity contribution in [1.82, 2.24) is 34.7 Å². The van der Waals surface area contributed by atoms with E-state index in [0.717, 1.165) is 16.5 Å². The lowest BCUT2D eigenvalue weighted by Gasteiger charge is -2.12. The van der Waals surface area contributed by atoms with Crippen molar-refractivity contribution >= 4 is 28.4 Å². The molecule has 1 atom stereocenters. The Morgan fingerprint density at radius 2 is 2.15 bits per heavy atom. The molecule has 1 aliphatic heterocycles. The van der Waals surface area contributed by atoms with Crippen LogP contribution in [-0.2, 0) is 11.8 Å². The number of amides is 1. The molecular formula is C17H16N8O. The molecule has 0 saturated carbocycles. The minimum atomic E-state index is -0.321. The topological polar surface area (TPSA) is 102 Å². The molecule has 1 aliphatic rings. The molecule has 4 heterocycles. The number of carbonyl (C=O) groups is 1. The molecule has 5 rings (SSSR count). The maximum Gasteiger partial charge on any atom is 0.242 e. The summed E-state index contributed by atoms with van der Waals surface area (Å²) in [4.78, 5) is 21.3. The van der Waals surface area contributed by atoms with Crippen LogP contribution in [0.5, 0.6) is 0 Å². The summed E-state index contributed by atoms with van der Waals surface area (Å²) < 4.78 is 3.37. The Hall–Kier alpha value is -3.49. The van der Waals surface area contributed by atoms with E-state index in [1.807, 2.05) is 37.5 Å². The van der Waals surface area contributed by atoms with Gasteiger partial charge in [-0.1, -0.05) is 12.1 Å². The number of fused-ring (bicyclic) bond motifs is 3. The van der Waals surface area contributed by atoms with Gasteiger partial charge in [-0.15, -0.1) is 5.10 Å². The minimum Gasteiger partial charge on any atom is -0.354 e. The molecule has 2 N–H and O–H groups in total. The number of hydrogen-bond acceptors (Lipinski definition) is 6. The molecule has 0 bridgehead atoms. The number of rotatable bonds is 3. The zero-order valence-electron chi connectivity index (χ0n) is 14.0. The molecule has 1 saturated heterocycles. The van der Waals surface area contributed by atoms with Crippen molar-refractivity contribution in [3.05, 3.63) is 36.7 Å². The van der Waals surface area contributed by atoms with Crippen LogP contribution in [0.1, 0.15) is 6.42 Å². The maximum atomic E-state index is 12.0. The van der Waals surface area contributed by atoms with E-state index >= 15 is 0 Å². The summed E-state index contributed by atoms with van der Waals surface area (Å²) in [7, 11) is 1.85. The Morgan fingerprint density at radius 1 is 1.27 bits per heavy atom. The fourth-order valence-corrected chi connectivity index (χ4v) is 3.20. The summed E-state index contributed by atoms with van der Waals surface area (Å²) in [5.41, 5.74) is 2.31. The van der Waals surface area contributed by atoms with E-state index in [-0.39, 0.29) is 11.9 Å². The van der Waals surface area contributed by atoms with Gasteiger partial charge in [0.25, 0.3) is 0 Å². The number of benzene rings is 1. The van der Waals surface area contributed by atoms with E-state index < -0.39 is 0 Å². The van der Waals surface area contributed by atoms with Crippen molar-refractivity contribution < 1.29 is 4.79 Å². The van der Waals surface area contributed by atoms with E-state index in [9.17, 15) is 4.79 Å². The fraction of sp³-hybridized carbons (Fsp3) is 0.235. The Labute approximate surface area is 148 Å². The first kappa shape index (κ1) is 14.8. The van der Waals surface area contributed by atoms with Crippen LogP contribution in [0.15, 0.2) is 36.7 Å². The molecule has 1 aromatic carbocycles. The third-order valence-electron chi connectivity index (χ3n) is 4.49. The molecular weight excluding hydrogens is 332 g/mol. The van der Waals surface area contributed by atoms with E-state index in [1.54, 1.807) is 15.4 Å². The van der Waals surface area contributed by atoms with Crippen LogP contribution in [0.4, 0.5) is 5.95 Å². The van der Waals surface area contributed by atoms with Crippen LogP contribution in [0.25, 0.3) is 27.9 Å². The Morgan fingerprint density at radius 3 is 2.92 bits per heavy atom. The number of aryl methyl sites for hydroxylation is 1. The smallest absolute Gasteiger partial charge is 0.242 e. The second kappa shape index (κ2) is 5.51. The van der Waals surface area contributed by atoms with E-state index in [4.69, 9.17) is 4.98 Å². The molecule has 0 aliphatic carbocycles. The first-order valence-corrected chi connectivity index (χ1v) is 8.38. The molecule has 26 heavy (non-hydrogen) atoms. The van der Waals surface area contributed by atoms with Crippen LogP contribution >= 0.6 is 0 Å². The zero-order valence-corrected chi connectivity index (χ0v) is 14.0. The molecule has 0 spiro atoms. The number of hydrogen-bond donors (Lipinski definition) is 2. The van der Waals surface area contributed by atoms with Gasteiger partial charge in [-0.3, -0.25) is 9.48 Å². The monoisotopic (exact) mass is 348 g/mol. The fourth-order valence-electron chi connectivity index (χ4n) is 3.20. The van der Waals surface area contributed by atoms with E-state index in [1.165, 1.54) is 0 Å². The molecule has 0 radical (unpaired) electrons. The van der Waals surface area contributed by atoms with Crippen LogP contribution < -0.4 is 10.6 Å². The van der Waals surface area contributed by atoms with E-state index in [2.05, 4.69) is 25.8 Å². The lowest BCUT2D eigenvalue weighted by Crippen LogP contribution is -2.30. The number of nitrogens with one attached hydrogen (secondary N) is 2. The predicted molar refractivity (Wildman–Crippen MR) is 95.5 cm³/mol. The van der Waals surface area contributed by atoms with Crippen LogP contribution in [0, 0.1) is 0 Å². The second-order valence-corrected chi connectivity index (χ2v) is 6.30. The van der Waals surface area contributed by atoms with Gasteiger partial charge in [-0.25, -0.2) is 9.97 Å². The number of carbonyl (C=O) groups excluding carboxylic acids is 1. The van der Waals surface area contributed by atoms with Crippen molar-refractivity contribution in [3.8, 4) is 11.4 Å². The lowest BCUT2D eigenvalue weighted by molar-refractivity contribution is -0.119. The number of para-hydroxylation sites is 1. The quantitative estimate of drug-likeness (QED) is 0.572. The highest BCUT2D eigenvalue weighted by atomic mass is 16.2. The largest absolute Gasteiger partial charge is 0.354 e. The summed E-state index contributed by atoms with van der Waals surface area (Å²) >= 11 is 0. The van der Waals surface area contributed by atoms with Gasteiger partial charge in [0.15, 0.2) is 11.5 Å². The molecule has 4 aromatic rings. The Bertz CT molecular complexity index is 1140. The van der Waals surface area contributed by atoms with Crippen LogP contribution in [0.2, 0.25) is 0 Å². The standard InChI is InChI=1S/C17H16N8O/c1-24-9-10(8-19-24)14-22-15-11-4-2-3-5-12(11)20-17(25(15)23-14)21-13-6-7-18-16(13)26/h2-5,8-9,13H,6-7H2,1H3,(H,18,26)(H,20,21). The van der Waals surface area contributed by atoms with Crippen LogP contribution in [-0.4, -0.2) is 47.9 Å². The molecule has 9 heteroatoms. The van der Waals surface area contributed by atoms with Gasteiger partial charge in [0.1, 0.15) is 6.04 Å². The van der Waals surface area contributed by atoms with Crippen molar-refractivity contribution in [2.24, 2.45) is 7.05 Å². The molecule has 1 unspecified atom stereocenters. The van der Waals surface area contributed by atoms with E-state index in [0.29, 0.717) is 30.4 Å². The average molecular weight is 348 g/mol. The third kappa shape index (κ3) is 2.28. The summed E-state index contributed by atoms with van der Waals surface area (Å²) in [5, 5.41) is 15.7. The Balaban J connectivity index is 1.71. The Kier molecular flexibility index (Phi) is 3.14. The van der Waals surface area contributed by atoms with Gasteiger partial charge in [-0.2, -0.15) is 9.61 Å². The summed E-state index contributed by atoms with van der Waals surface area (Å²) in [5.74, 6) is 1.04. The SMILES string of the molecule is Cn1cc(-c2nc3c4ccccc4nc(NC4CCNC4=O)n3n2)cn1. The van der Waals surface area contributed by atoms with Crippen molar-refractivity contribution in [1.29, 1.82) is 0 Å². The van der Waals surface area contributed by atoms with Crippen molar-refractivity contribution in [2.75, 3.05) is 11.9 Å². The highest BCUT2D eigenvalue weighted by Gasteiger charge is 2.26. The average Bonchev–Trinajstić information content (AvgIpc) is 3.35. The number of anilines is 1. The normalized spacial score (nSPS) is 17.1. The highest BCUT2D eigenvalue weighted by molar-refractivity contribution is 5.93. The summed E-state index contributed by atoms with van der Waals surface area (Å²) in [6.45, 7) is 0.658. The zero-order chi connectivity index (χ0) is 17.7. The second-order valence-electron chi connectivity index (χ2n) is 6.30. The molecule has 9 nitrogen and oxygen atoms in total. The highest BCUT2D eigenvalue weighted by Crippen LogP contribution is 2.24. The molecule has 1 amide bonds. The van der Waals surface area contributed by atoms with Gasteiger partial charge >= 0.3 is 0 Å². The summed E-state index contributed by atoms with van der Waals surface area (Å²) in [6.07, 6.45) is 4.29. The van der Waals surface area contributed by atoms with Gasteiger partial charge in [0.2, 0.25) is 11.9 Å². The summed E-state index contributed by atoms with van der Waals surface area (Å²) in [6, 6.07) is 7.44. The molecule has 1 fully saturated rings. The van der Waals surface area contributed by atoms with Gasteiger partial charge < -0.3 is 10.6 Å². The maximum absolute atomic E-state index is 12.0. The van der Waals surface area contributed by atoms with Gasteiger partial charge in [0.05, 0.1) is 17.3 Å². The van der Waals surface area contributed by atoms with Crippen molar-refractivity contribution in [3.63, 3.8) is 0 Å². The molecule has 130 valence electrons. The number of aromatic nitrogens is 6. The predicted octanol–water partition coefficient (Wildman–Crippen LogP) is 0.978. The number of nitrogens with zero attached hydrogens (tertiary/aromatic N) is 6. The first-order valence-electron chi connectivity index (χ1n) is 8.38. The van der Waals surface area contributed by atoms with Crippen LogP contribution in [0.3, 0.4) is 0 Å². The van der Waals surface area contributed by atoms with Crippen molar-refractivity contribution in [2.45, 2.75) is 12.5 Å².